The summed E-state index contributed by atoms with van der Waals surface area (Å²) in [4.78, 5) is 35.7. The maximum Gasteiger partial charge on any atom is 0.240 e. The Bertz CT molecular complexity index is 1060. The van der Waals surface area contributed by atoms with Gasteiger partial charge in [0.2, 0.25) is 11.8 Å². The van der Waals surface area contributed by atoms with Crippen LogP contribution in [0, 0.1) is 19.8 Å². The maximum absolute atomic E-state index is 13.7. The van der Waals surface area contributed by atoms with E-state index in [-0.39, 0.29) is 24.3 Å². The number of aromatic nitrogens is 1. The van der Waals surface area contributed by atoms with Crippen LogP contribution in [-0.4, -0.2) is 41.3 Å². The number of carbonyl (C=O) groups is 2. The molecule has 6 nitrogen and oxygen atoms in total. The lowest BCUT2D eigenvalue weighted by molar-refractivity contribution is -0.125. The lowest BCUT2D eigenvalue weighted by atomic mass is 9.95. The smallest absolute Gasteiger partial charge is 0.240 e. The van der Waals surface area contributed by atoms with E-state index in [1.807, 2.05) is 79.4 Å². The Morgan fingerprint density at radius 1 is 1.09 bits per heavy atom. The molecule has 2 amide bonds. The van der Waals surface area contributed by atoms with E-state index in [0.717, 1.165) is 41.2 Å². The van der Waals surface area contributed by atoms with Crippen LogP contribution < -0.4 is 10.2 Å². The summed E-state index contributed by atoms with van der Waals surface area (Å²) in [5.74, 6) is -0.109. The molecule has 1 N–H and O–H groups in total. The van der Waals surface area contributed by atoms with Gasteiger partial charge in [0.05, 0.1) is 24.7 Å². The van der Waals surface area contributed by atoms with Gasteiger partial charge in [0, 0.05) is 17.1 Å². The van der Waals surface area contributed by atoms with E-state index in [9.17, 15) is 9.59 Å². The third-order valence-electron chi connectivity index (χ3n) is 6.01. The lowest BCUT2D eigenvalue weighted by Gasteiger charge is -2.34. The molecule has 1 saturated heterocycles. The van der Waals surface area contributed by atoms with Crippen molar-refractivity contribution >= 4 is 34.0 Å². The Hall–Kier alpha value is -3.03. The first-order valence-electron chi connectivity index (χ1n) is 11.4. The molecule has 2 heterocycles. The first kappa shape index (κ1) is 23.1. The molecule has 0 radical (unpaired) electrons. The second-order valence-electron chi connectivity index (χ2n) is 8.53. The molecule has 1 aliphatic rings. The number of likely N-dealkylation sites (tertiary alicyclic amines) is 1. The van der Waals surface area contributed by atoms with E-state index >= 15 is 0 Å². The van der Waals surface area contributed by atoms with Gasteiger partial charge in [0.1, 0.15) is 0 Å². The highest BCUT2D eigenvalue weighted by molar-refractivity contribution is 7.15. The van der Waals surface area contributed by atoms with Gasteiger partial charge in [-0.25, -0.2) is 4.98 Å². The van der Waals surface area contributed by atoms with Gasteiger partial charge in [-0.3, -0.25) is 14.5 Å². The van der Waals surface area contributed by atoms with Crippen LogP contribution in [0.1, 0.15) is 29.0 Å². The molecule has 4 rings (SSSR count). The number of rotatable bonds is 7. The van der Waals surface area contributed by atoms with Crippen LogP contribution >= 0.6 is 11.3 Å². The summed E-state index contributed by atoms with van der Waals surface area (Å²) >= 11 is 1.49. The standard InChI is InChI=1S/C26H30N4O2S/c1-19-20(2)33-26(27-19)28-24(31)18-29-15-9-12-22(17-29)25(32)30(23-13-7-4-8-14-23)16-21-10-5-3-6-11-21/h3-8,10-11,13-14,22H,9,12,15-18H2,1-2H3,(H,27,28,31). The van der Waals surface area contributed by atoms with E-state index in [2.05, 4.69) is 15.2 Å². The number of anilines is 2. The van der Waals surface area contributed by atoms with Gasteiger partial charge < -0.3 is 10.2 Å². The summed E-state index contributed by atoms with van der Waals surface area (Å²) in [6, 6.07) is 19.9. The third-order valence-corrected chi connectivity index (χ3v) is 7.00. The van der Waals surface area contributed by atoms with Gasteiger partial charge in [-0.05, 0) is 50.9 Å². The number of para-hydroxylation sites is 1. The van der Waals surface area contributed by atoms with E-state index in [4.69, 9.17) is 0 Å². The predicted molar refractivity (Wildman–Crippen MR) is 133 cm³/mol. The van der Waals surface area contributed by atoms with Crippen LogP contribution in [0.2, 0.25) is 0 Å². The Morgan fingerprint density at radius 2 is 1.79 bits per heavy atom. The monoisotopic (exact) mass is 462 g/mol. The SMILES string of the molecule is Cc1nc(NC(=O)CN2CCCC(C(=O)N(Cc3ccccc3)c3ccccc3)C2)sc1C. The number of aryl methyl sites for hydroxylation is 2. The number of benzene rings is 2. The minimum Gasteiger partial charge on any atom is -0.308 e. The highest BCUT2D eigenvalue weighted by atomic mass is 32.1. The minimum atomic E-state index is -0.139. The Morgan fingerprint density at radius 3 is 2.45 bits per heavy atom. The van der Waals surface area contributed by atoms with Crippen LogP contribution in [0.25, 0.3) is 0 Å². The molecule has 1 fully saturated rings. The molecule has 1 unspecified atom stereocenters. The van der Waals surface area contributed by atoms with E-state index in [0.29, 0.717) is 18.2 Å². The molecule has 2 aromatic carbocycles. The average molecular weight is 463 g/mol. The third kappa shape index (κ3) is 6.06. The van der Waals surface area contributed by atoms with Gasteiger partial charge in [-0.2, -0.15) is 0 Å². The number of hydrogen-bond acceptors (Lipinski definition) is 5. The van der Waals surface area contributed by atoms with Gasteiger partial charge in [-0.15, -0.1) is 11.3 Å². The van der Waals surface area contributed by atoms with Crippen molar-refractivity contribution in [2.45, 2.75) is 33.2 Å². The van der Waals surface area contributed by atoms with Gasteiger partial charge in [0.15, 0.2) is 5.13 Å². The molecule has 172 valence electrons. The highest BCUT2D eigenvalue weighted by Crippen LogP contribution is 2.25. The summed E-state index contributed by atoms with van der Waals surface area (Å²) in [5.41, 5.74) is 2.94. The summed E-state index contributed by atoms with van der Waals surface area (Å²) in [6.45, 7) is 6.14. The Labute approximate surface area is 199 Å². The van der Waals surface area contributed by atoms with Crippen molar-refractivity contribution < 1.29 is 9.59 Å². The number of amides is 2. The van der Waals surface area contributed by atoms with Crippen LogP contribution in [0.15, 0.2) is 60.7 Å². The number of nitrogens with one attached hydrogen (secondary N) is 1. The quantitative estimate of drug-likeness (QED) is 0.555. The van der Waals surface area contributed by atoms with Crippen molar-refractivity contribution in [1.29, 1.82) is 0 Å². The van der Waals surface area contributed by atoms with Crippen LogP contribution in [0.5, 0.6) is 0 Å². The molecule has 0 aliphatic carbocycles. The molecule has 0 bridgehead atoms. The normalized spacial score (nSPS) is 16.4. The molecule has 0 spiro atoms. The Balaban J connectivity index is 1.42. The van der Waals surface area contributed by atoms with E-state index < -0.39 is 0 Å². The van der Waals surface area contributed by atoms with Crippen LogP contribution in [0.4, 0.5) is 10.8 Å². The molecule has 33 heavy (non-hydrogen) atoms. The number of carbonyl (C=O) groups excluding carboxylic acids is 2. The predicted octanol–water partition coefficient (Wildman–Crippen LogP) is 4.64. The number of piperidine rings is 1. The first-order chi connectivity index (χ1) is 16.0. The second kappa shape index (κ2) is 10.7. The summed E-state index contributed by atoms with van der Waals surface area (Å²) in [7, 11) is 0. The summed E-state index contributed by atoms with van der Waals surface area (Å²) in [5, 5.41) is 3.54. The van der Waals surface area contributed by atoms with Crippen LogP contribution in [-0.2, 0) is 16.1 Å². The van der Waals surface area contributed by atoms with Crippen molar-refractivity contribution in [2.75, 3.05) is 29.9 Å². The van der Waals surface area contributed by atoms with Gasteiger partial charge in [-0.1, -0.05) is 48.5 Å². The summed E-state index contributed by atoms with van der Waals surface area (Å²) < 4.78 is 0. The average Bonchev–Trinajstić information content (AvgIpc) is 3.14. The highest BCUT2D eigenvalue weighted by Gasteiger charge is 2.31. The largest absolute Gasteiger partial charge is 0.308 e. The van der Waals surface area contributed by atoms with Gasteiger partial charge >= 0.3 is 0 Å². The molecular weight excluding hydrogens is 432 g/mol. The van der Waals surface area contributed by atoms with Crippen molar-refractivity contribution in [2.24, 2.45) is 5.92 Å². The molecule has 7 heteroatoms. The number of hydrogen-bond donors (Lipinski definition) is 1. The first-order valence-corrected chi connectivity index (χ1v) is 12.2. The second-order valence-corrected chi connectivity index (χ2v) is 9.73. The fraction of sp³-hybridized carbons (Fsp3) is 0.346. The zero-order valence-electron chi connectivity index (χ0n) is 19.2. The van der Waals surface area contributed by atoms with Crippen molar-refractivity contribution in [3.63, 3.8) is 0 Å². The molecule has 1 atom stereocenters. The van der Waals surface area contributed by atoms with Crippen molar-refractivity contribution in [1.82, 2.24) is 9.88 Å². The van der Waals surface area contributed by atoms with E-state index in [1.165, 1.54) is 11.3 Å². The maximum atomic E-state index is 13.7. The zero-order chi connectivity index (χ0) is 23.2. The summed E-state index contributed by atoms with van der Waals surface area (Å²) in [6.07, 6.45) is 1.73. The van der Waals surface area contributed by atoms with Crippen molar-refractivity contribution in [3.8, 4) is 0 Å². The van der Waals surface area contributed by atoms with E-state index in [1.54, 1.807) is 0 Å². The number of thiazole rings is 1. The molecule has 1 aliphatic heterocycles. The van der Waals surface area contributed by atoms with Crippen LogP contribution in [0.3, 0.4) is 0 Å². The Kier molecular flexibility index (Phi) is 7.52. The zero-order valence-corrected chi connectivity index (χ0v) is 20.0. The van der Waals surface area contributed by atoms with Gasteiger partial charge in [0.25, 0.3) is 0 Å². The lowest BCUT2D eigenvalue weighted by Crippen LogP contribution is -2.46. The number of nitrogens with zero attached hydrogens (tertiary/aromatic N) is 3. The molecule has 3 aromatic rings. The topological polar surface area (TPSA) is 65.5 Å². The minimum absolute atomic E-state index is 0.0824. The van der Waals surface area contributed by atoms with Crippen molar-refractivity contribution in [3.05, 3.63) is 76.8 Å². The fourth-order valence-corrected chi connectivity index (χ4v) is 5.01. The fourth-order valence-electron chi connectivity index (χ4n) is 4.18. The molecule has 1 aromatic heterocycles. The molecular formula is C26H30N4O2S. The molecule has 0 saturated carbocycles.